The highest BCUT2D eigenvalue weighted by molar-refractivity contribution is 5.37. The van der Waals surface area contributed by atoms with Crippen LogP contribution in [0.5, 0.6) is 6.01 Å². The van der Waals surface area contributed by atoms with E-state index in [1.54, 1.807) is 0 Å². The van der Waals surface area contributed by atoms with E-state index in [1.807, 2.05) is 6.92 Å². The first-order valence-electron chi connectivity index (χ1n) is 8.17. The van der Waals surface area contributed by atoms with Gasteiger partial charge in [-0.1, -0.05) is 13.3 Å². The second kappa shape index (κ2) is 6.45. The molecule has 21 heavy (non-hydrogen) atoms. The van der Waals surface area contributed by atoms with Crippen molar-refractivity contribution in [3.05, 3.63) is 0 Å². The Morgan fingerprint density at radius 1 is 1.10 bits per heavy atom. The van der Waals surface area contributed by atoms with Gasteiger partial charge in [-0.25, -0.2) is 0 Å². The normalized spacial score (nSPS) is 26.9. The number of hydrogen-bond acceptors (Lipinski definition) is 6. The van der Waals surface area contributed by atoms with E-state index in [0.29, 0.717) is 30.6 Å². The third kappa shape index (κ3) is 3.36. The highest BCUT2D eigenvalue weighted by atomic mass is 16.5. The van der Waals surface area contributed by atoms with Crippen molar-refractivity contribution < 1.29 is 4.74 Å². The monoisotopic (exact) mass is 291 g/mol. The lowest BCUT2D eigenvalue weighted by atomic mass is 9.95. The van der Waals surface area contributed by atoms with Crippen molar-refractivity contribution in [2.75, 3.05) is 23.8 Å². The zero-order chi connectivity index (χ0) is 14.7. The fourth-order valence-corrected chi connectivity index (χ4v) is 3.52. The van der Waals surface area contributed by atoms with Crippen LogP contribution in [0.25, 0.3) is 0 Å². The van der Waals surface area contributed by atoms with Crippen LogP contribution in [0.1, 0.15) is 46.0 Å². The van der Waals surface area contributed by atoms with Gasteiger partial charge in [0.2, 0.25) is 11.9 Å². The summed E-state index contributed by atoms with van der Waals surface area (Å²) in [6, 6.07) is 0.913. The second-order valence-electron chi connectivity index (χ2n) is 6.05. The van der Waals surface area contributed by atoms with Gasteiger partial charge in [-0.15, -0.1) is 0 Å². The van der Waals surface area contributed by atoms with E-state index in [2.05, 4.69) is 32.5 Å². The van der Waals surface area contributed by atoms with Crippen LogP contribution in [0, 0.1) is 11.8 Å². The maximum Gasteiger partial charge on any atom is 0.323 e. The maximum absolute atomic E-state index is 5.45. The van der Waals surface area contributed by atoms with E-state index in [0.717, 1.165) is 24.8 Å². The zero-order valence-electron chi connectivity index (χ0n) is 12.9. The van der Waals surface area contributed by atoms with Gasteiger partial charge < -0.3 is 15.4 Å². The van der Waals surface area contributed by atoms with Gasteiger partial charge in [0.05, 0.1) is 6.61 Å². The topological polar surface area (TPSA) is 72.0 Å². The van der Waals surface area contributed by atoms with Crippen LogP contribution in [-0.2, 0) is 0 Å². The molecule has 2 N–H and O–H groups in total. The third-order valence-electron chi connectivity index (χ3n) is 4.47. The Kier molecular flexibility index (Phi) is 4.41. The number of fused-ring (bicyclic) bond motifs is 2. The number of nitrogens with one attached hydrogen (secondary N) is 2. The number of ether oxygens (including phenoxy) is 1. The number of anilines is 2. The molecule has 2 saturated carbocycles. The van der Waals surface area contributed by atoms with E-state index >= 15 is 0 Å². The molecule has 3 rings (SSSR count). The summed E-state index contributed by atoms with van der Waals surface area (Å²) in [4.78, 5) is 13.1. The molecule has 2 fully saturated rings. The lowest BCUT2D eigenvalue weighted by molar-refractivity contribution is 0.312. The molecule has 1 aromatic rings. The van der Waals surface area contributed by atoms with Gasteiger partial charge in [0, 0.05) is 12.6 Å². The molecule has 0 amide bonds. The Balaban J connectivity index is 1.71. The van der Waals surface area contributed by atoms with Crippen LogP contribution in [0.15, 0.2) is 0 Å². The predicted octanol–water partition coefficient (Wildman–Crippen LogP) is 2.69. The molecule has 0 saturated heterocycles. The summed E-state index contributed by atoms with van der Waals surface area (Å²) in [5, 5.41) is 6.72. The first-order valence-corrected chi connectivity index (χ1v) is 8.17. The average Bonchev–Trinajstić information content (AvgIpc) is 3.08. The quantitative estimate of drug-likeness (QED) is 0.805. The van der Waals surface area contributed by atoms with Gasteiger partial charge in [-0.3, -0.25) is 0 Å². The summed E-state index contributed by atoms with van der Waals surface area (Å²) in [5.41, 5.74) is 0. The maximum atomic E-state index is 5.45. The molecule has 2 aliphatic rings. The molecule has 0 radical (unpaired) electrons. The molecule has 2 bridgehead atoms. The average molecular weight is 291 g/mol. The molecule has 0 aliphatic heterocycles. The molecule has 0 aromatic carbocycles. The molecule has 6 nitrogen and oxygen atoms in total. The molecule has 1 heterocycles. The summed E-state index contributed by atoms with van der Waals surface area (Å²) in [7, 11) is 0. The van der Waals surface area contributed by atoms with Gasteiger partial charge in [0.25, 0.3) is 0 Å². The van der Waals surface area contributed by atoms with Crippen molar-refractivity contribution in [3.8, 4) is 6.01 Å². The van der Waals surface area contributed by atoms with E-state index in [9.17, 15) is 0 Å². The SMILES string of the molecule is CCCNc1nc(NC2CC3CCC2C3)nc(OCC)n1. The van der Waals surface area contributed by atoms with Crippen LogP contribution in [-0.4, -0.2) is 34.1 Å². The van der Waals surface area contributed by atoms with Crippen molar-refractivity contribution in [1.29, 1.82) is 0 Å². The smallest absolute Gasteiger partial charge is 0.323 e. The van der Waals surface area contributed by atoms with Gasteiger partial charge in [-0.2, -0.15) is 15.0 Å². The molecule has 6 heteroatoms. The molecule has 116 valence electrons. The number of rotatable bonds is 7. The summed E-state index contributed by atoms with van der Waals surface area (Å²) in [6.45, 7) is 5.46. The standard InChI is InChI=1S/C15H25N5O/c1-3-7-16-13-18-14(20-15(19-13)21-4-2)17-12-9-10-5-6-11(12)8-10/h10-12H,3-9H2,1-2H3,(H2,16,17,18,19,20). The van der Waals surface area contributed by atoms with E-state index in [1.165, 1.54) is 25.7 Å². The Hall–Kier alpha value is -1.59. The van der Waals surface area contributed by atoms with Gasteiger partial charge in [0.1, 0.15) is 0 Å². The highest BCUT2D eigenvalue weighted by Crippen LogP contribution is 2.45. The minimum absolute atomic E-state index is 0.400. The molecule has 3 atom stereocenters. The third-order valence-corrected chi connectivity index (χ3v) is 4.47. The predicted molar refractivity (Wildman–Crippen MR) is 82.6 cm³/mol. The number of aromatic nitrogens is 3. The minimum atomic E-state index is 0.400. The van der Waals surface area contributed by atoms with Crippen molar-refractivity contribution in [2.45, 2.75) is 52.0 Å². The largest absolute Gasteiger partial charge is 0.464 e. The van der Waals surface area contributed by atoms with Crippen LogP contribution >= 0.6 is 0 Å². The molecular formula is C15H25N5O. The molecule has 1 aromatic heterocycles. The van der Waals surface area contributed by atoms with Crippen molar-refractivity contribution >= 4 is 11.9 Å². The van der Waals surface area contributed by atoms with Gasteiger partial charge >= 0.3 is 6.01 Å². The summed E-state index contributed by atoms with van der Waals surface area (Å²) < 4.78 is 5.45. The van der Waals surface area contributed by atoms with E-state index in [4.69, 9.17) is 4.74 Å². The molecule has 0 spiro atoms. The lowest BCUT2D eigenvalue weighted by Gasteiger charge is -2.23. The fourth-order valence-electron chi connectivity index (χ4n) is 3.52. The Labute approximate surface area is 126 Å². The van der Waals surface area contributed by atoms with Crippen LogP contribution in [0.4, 0.5) is 11.9 Å². The highest BCUT2D eigenvalue weighted by Gasteiger charge is 2.39. The van der Waals surface area contributed by atoms with E-state index in [-0.39, 0.29) is 0 Å². The van der Waals surface area contributed by atoms with Gasteiger partial charge in [-0.05, 0) is 44.4 Å². The summed E-state index contributed by atoms with van der Waals surface area (Å²) in [5.74, 6) is 2.93. The fraction of sp³-hybridized carbons (Fsp3) is 0.800. The van der Waals surface area contributed by atoms with E-state index < -0.39 is 0 Å². The lowest BCUT2D eigenvalue weighted by Crippen LogP contribution is -2.27. The van der Waals surface area contributed by atoms with Crippen LogP contribution in [0.3, 0.4) is 0 Å². The van der Waals surface area contributed by atoms with Crippen LogP contribution < -0.4 is 15.4 Å². The Morgan fingerprint density at radius 3 is 2.62 bits per heavy atom. The zero-order valence-corrected chi connectivity index (χ0v) is 12.9. The minimum Gasteiger partial charge on any atom is -0.464 e. The van der Waals surface area contributed by atoms with Crippen LogP contribution in [0.2, 0.25) is 0 Å². The summed E-state index contributed by atoms with van der Waals surface area (Å²) >= 11 is 0. The number of hydrogen-bond donors (Lipinski definition) is 2. The van der Waals surface area contributed by atoms with Crippen molar-refractivity contribution in [1.82, 2.24) is 15.0 Å². The van der Waals surface area contributed by atoms with Crippen molar-refractivity contribution in [3.63, 3.8) is 0 Å². The Morgan fingerprint density at radius 2 is 1.95 bits per heavy atom. The first kappa shape index (κ1) is 14.4. The molecule has 2 aliphatic carbocycles. The Bertz CT molecular complexity index is 481. The second-order valence-corrected chi connectivity index (χ2v) is 6.05. The van der Waals surface area contributed by atoms with Crippen molar-refractivity contribution in [2.24, 2.45) is 11.8 Å². The first-order chi connectivity index (χ1) is 10.3. The summed E-state index contributed by atoms with van der Waals surface area (Å²) in [6.07, 6.45) is 6.38. The molecular weight excluding hydrogens is 266 g/mol. The molecule has 3 unspecified atom stereocenters. The number of nitrogens with zero attached hydrogens (tertiary/aromatic N) is 3. The van der Waals surface area contributed by atoms with Gasteiger partial charge in [0.15, 0.2) is 0 Å².